The molecule has 1 fully saturated rings. The van der Waals surface area contributed by atoms with Gasteiger partial charge in [-0.05, 0) is 50.3 Å². The summed E-state index contributed by atoms with van der Waals surface area (Å²) in [6, 6.07) is 14.1. The molecule has 1 nitrogen and oxygen atoms in total. The molecule has 1 aromatic heterocycles. The van der Waals surface area contributed by atoms with Gasteiger partial charge in [0.1, 0.15) is 0 Å². The zero-order valence-electron chi connectivity index (χ0n) is 11.9. The van der Waals surface area contributed by atoms with Gasteiger partial charge >= 0.3 is 0 Å². The maximum absolute atomic E-state index is 6.00. The summed E-state index contributed by atoms with van der Waals surface area (Å²) in [7, 11) is 0. The van der Waals surface area contributed by atoms with Crippen molar-refractivity contribution < 1.29 is 0 Å². The lowest BCUT2D eigenvalue weighted by Gasteiger charge is -2.38. The molecule has 106 valence electrons. The number of benzene rings is 1. The van der Waals surface area contributed by atoms with E-state index in [0.29, 0.717) is 12.1 Å². The predicted octanol–water partition coefficient (Wildman–Crippen LogP) is 5.31. The first kappa shape index (κ1) is 14.1. The van der Waals surface area contributed by atoms with E-state index in [1.807, 2.05) is 6.07 Å². The first-order valence-electron chi connectivity index (χ1n) is 7.19. The molecular formula is C17H20ClNS. The lowest BCUT2D eigenvalue weighted by molar-refractivity contribution is 0.272. The van der Waals surface area contributed by atoms with Crippen molar-refractivity contribution in [2.75, 3.05) is 0 Å². The van der Waals surface area contributed by atoms with Crippen molar-refractivity contribution >= 4 is 22.9 Å². The van der Waals surface area contributed by atoms with Crippen molar-refractivity contribution in [3.63, 3.8) is 0 Å². The Kier molecular flexibility index (Phi) is 4.16. The summed E-state index contributed by atoms with van der Waals surface area (Å²) in [6.45, 7) is 4.37. The van der Waals surface area contributed by atoms with Crippen LogP contribution in [0.4, 0.5) is 0 Å². The second-order valence-corrected chi connectivity index (χ2v) is 7.55. The van der Waals surface area contributed by atoms with Crippen LogP contribution in [-0.2, 0) is 0 Å². The Morgan fingerprint density at radius 2 is 1.85 bits per heavy atom. The van der Waals surface area contributed by atoms with Crippen LogP contribution in [0, 0.1) is 6.92 Å². The summed E-state index contributed by atoms with van der Waals surface area (Å²) >= 11 is 7.67. The van der Waals surface area contributed by atoms with Gasteiger partial charge in [0.25, 0.3) is 0 Å². The molecule has 0 amide bonds. The topological polar surface area (TPSA) is 12.0 Å². The molecule has 1 aromatic carbocycles. The minimum atomic E-state index is 0.400. The molecule has 0 bridgehead atoms. The van der Waals surface area contributed by atoms with Gasteiger partial charge in [0.2, 0.25) is 0 Å². The molecule has 1 atom stereocenters. The van der Waals surface area contributed by atoms with E-state index >= 15 is 0 Å². The summed E-state index contributed by atoms with van der Waals surface area (Å²) in [5.41, 5.74) is 2.83. The van der Waals surface area contributed by atoms with E-state index in [1.54, 1.807) is 11.3 Å². The van der Waals surface area contributed by atoms with Crippen LogP contribution in [0.2, 0.25) is 4.34 Å². The van der Waals surface area contributed by atoms with E-state index < -0.39 is 0 Å². The molecule has 2 aromatic rings. The highest BCUT2D eigenvalue weighted by Crippen LogP contribution is 2.38. The summed E-state index contributed by atoms with van der Waals surface area (Å²) < 4.78 is 0.875. The largest absolute Gasteiger partial charge is 0.307 e. The zero-order chi connectivity index (χ0) is 14.1. The number of thiophene rings is 1. The minimum absolute atomic E-state index is 0.400. The van der Waals surface area contributed by atoms with E-state index in [9.17, 15) is 0 Å². The number of hydrogen-bond donors (Lipinski definition) is 1. The highest BCUT2D eigenvalue weighted by atomic mass is 35.5. The lowest BCUT2D eigenvalue weighted by Crippen LogP contribution is -2.41. The summed E-state index contributed by atoms with van der Waals surface area (Å²) in [4.78, 5) is 1.33. The average molecular weight is 306 g/mol. The van der Waals surface area contributed by atoms with Gasteiger partial charge in [0.05, 0.1) is 4.34 Å². The summed E-state index contributed by atoms with van der Waals surface area (Å²) in [6.07, 6.45) is 2.49. The molecule has 1 aliphatic rings. The molecule has 0 spiro atoms. The molecule has 0 radical (unpaired) electrons. The fourth-order valence-electron chi connectivity index (χ4n) is 2.86. The second kappa shape index (κ2) is 5.88. The molecule has 3 heteroatoms. The highest BCUT2D eigenvalue weighted by molar-refractivity contribution is 7.16. The van der Waals surface area contributed by atoms with Crippen LogP contribution in [0.25, 0.3) is 0 Å². The van der Waals surface area contributed by atoms with E-state index in [-0.39, 0.29) is 0 Å². The van der Waals surface area contributed by atoms with E-state index in [2.05, 4.69) is 49.5 Å². The molecule has 20 heavy (non-hydrogen) atoms. The number of rotatable bonds is 4. The molecule has 0 aliphatic heterocycles. The van der Waals surface area contributed by atoms with Gasteiger partial charge in [-0.15, -0.1) is 11.3 Å². The second-order valence-electron chi connectivity index (χ2n) is 5.81. The summed E-state index contributed by atoms with van der Waals surface area (Å²) in [5, 5.41) is 3.71. The van der Waals surface area contributed by atoms with Gasteiger partial charge in [0.15, 0.2) is 0 Å². The normalized spacial score (nSPS) is 23.4. The van der Waals surface area contributed by atoms with Crippen LogP contribution in [0.3, 0.4) is 0 Å². The smallest absolute Gasteiger partial charge is 0.0931 e. The fraction of sp³-hybridized carbons (Fsp3) is 0.412. The Bertz CT molecular complexity index is 569. The van der Waals surface area contributed by atoms with Crippen molar-refractivity contribution in [3.05, 3.63) is 56.7 Å². The van der Waals surface area contributed by atoms with Crippen LogP contribution in [-0.4, -0.2) is 6.04 Å². The molecule has 1 heterocycles. The van der Waals surface area contributed by atoms with Gasteiger partial charge < -0.3 is 5.32 Å². The van der Waals surface area contributed by atoms with Crippen molar-refractivity contribution in [1.29, 1.82) is 0 Å². The quantitative estimate of drug-likeness (QED) is 0.807. The van der Waals surface area contributed by atoms with E-state index in [4.69, 9.17) is 11.6 Å². The van der Waals surface area contributed by atoms with Gasteiger partial charge in [-0.2, -0.15) is 0 Å². The zero-order valence-corrected chi connectivity index (χ0v) is 13.5. The van der Waals surface area contributed by atoms with Crippen molar-refractivity contribution in [1.82, 2.24) is 5.32 Å². The SMILES string of the molecule is Cc1ccc(C2CC(NC(C)c3ccc(Cl)s3)C2)cc1. The first-order chi connectivity index (χ1) is 9.61. The van der Waals surface area contributed by atoms with Crippen molar-refractivity contribution in [2.24, 2.45) is 0 Å². The van der Waals surface area contributed by atoms with Gasteiger partial charge in [-0.1, -0.05) is 41.4 Å². The third kappa shape index (κ3) is 3.08. The van der Waals surface area contributed by atoms with E-state index in [0.717, 1.165) is 10.3 Å². The van der Waals surface area contributed by atoms with Crippen LogP contribution >= 0.6 is 22.9 Å². The number of halogens is 1. The Labute approximate surface area is 130 Å². The number of nitrogens with one attached hydrogen (secondary N) is 1. The average Bonchev–Trinajstić information content (AvgIpc) is 2.81. The molecule has 0 saturated heterocycles. The lowest BCUT2D eigenvalue weighted by atomic mass is 9.75. The minimum Gasteiger partial charge on any atom is -0.307 e. The number of aryl methyl sites for hydroxylation is 1. The number of hydrogen-bond acceptors (Lipinski definition) is 2. The molecule has 3 rings (SSSR count). The van der Waals surface area contributed by atoms with Gasteiger partial charge in [-0.3, -0.25) is 0 Å². The molecule has 1 unspecified atom stereocenters. The van der Waals surface area contributed by atoms with Crippen LogP contribution in [0.5, 0.6) is 0 Å². The maximum Gasteiger partial charge on any atom is 0.0931 e. The fourth-order valence-corrected chi connectivity index (χ4v) is 3.93. The molecule has 1 N–H and O–H groups in total. The Morgan fingerprint density at radius 3 is 2.45 bits per heavy atom. The molecule has 1 saturated carbocycles. The summed E-state index contributed by atoms with van der Waals surface area (Å²) in [5.74, 6) is 0.729. The molecule has 1 aliphatic carbocycles. The van der Waals surface area contributed by atoms with E-state index in [1.165, 1.54) is 28.8 Å². The standard InChI is InChI=1S/C17H20ClNS/c1-11-3-5-13(6-4-11)14-9-15(10-14)19-12(2)16-7-8-17(18)20-16/h3-8,12,14-15,19H,9-10H2,1-2H3. The third-order valence-corrected chi connectivity index (χ3v) is 5.61. The monoisotopic (exact) mass is 305 g/mol. The van der Waals surface area contributed by atoms with Gasteiger partial charge in [-0.25, -0.2) is 0 Å². The van der Waals surface area contributed by atoms with Crippen molar-refractivity contribution in [2.45, 2.75) is 44.7 Å². The Morgan fingerprint density at radius 1 is 1.15 bits per heavy atom. The maximum atomic E-state index is 6.00. The van der Waals surface area contributed by atoms with Crippen LogP contribution in [0.1, 0.15) is 47.7 Å². The molecular weight excluding hydrogens is 286 g/mol. The highest BCUT2D eigenvalue weighted by Gasteiger charge is 2.31. The van der Waals surface area contributed by atoms with Crippen LogP contribution < -0.4 is 5.32 Å². The Balaban J connectivity index is 1.52. The van der Waals surface area contributed by atoms with Crippen molar-refractivity contribution in [3.8, 4) is 0 Å². The third-order valence-electron chi connectivity index (χ3n) is 4.19. The van der Waals surface area contributed by atoms with Gasteiger partial charge in [0, 0.05) is 17.0 Å². The first-order valence-corrected chi connectivity index (χ1v) is 8.39. The Hall–Kier alpha value is -0.830. The predicted molar refractivity (Wildman–Crippen MR) is 87.8 cm³/mol. The van der Waals surface area contributed by atoms with Crippen LogP contribution in [0.15, 0.2) is 36.4 Å².